The number of nitrogens with one attached hydrogen (secondary N) is 1. The number of amides is 2. The maximum atomic E-state index is 12.2. The monoisotopic (exact) mass is 281 g/mol. The molecule has 2 amide bonds. The number of hydrogen-bond acceptors (Lipinski definition) is 2. The zero-order valence-corrected chi connectivity index (χ0v) is 13.5. The van der Waals surface area contributed by atoms with Gasteiger partial charge in [0.2, 0.25) is 0 Å². The van der Waals surface area contributed by atoms with Crippen LogP contribution in [-0.2, 0) is 0 Å². The molecule has 2 saturated heterocycles. The fourth-order valence-electron chi connectivity index (χ4n) is 3.29. The lowest BCUT2D eigenvalue weighted by molar-refractivity contribution is 0.117. The highest BCUT2D eigenvalue weighted by Gasteiger charge is 2.28. The van der Waals surface area contributed by atoms with Crippen LogP contribution >= 0.6 is 0 Å². The average molecular weight is 281 g/mol. The zero-order chi connectivity index (χ0) is 14.6. The molecule has 0 aliphatic carbocycles. The smallest absolute Gasteiger partial charge is 0.317 e. The van der Waals surface area contributed by atoms with E-state index in [1.165, 1.54) is 38.8 Å². The molecule has 20 heavy (non-hydrogen) atoms. The Kier molecular flexibility index (Phi) is 5.30. The summed E-state index contributed by atoms with van der Waals surface area (Å²) in [6.07, 6.45) is 7.76. The van der Waals surface area contributed by atoms with Crippen molar-refractivity contribution in [3.8, 4) is 0 Å². The molecular weight excluding hydrogens is 250 g/mol. The number of piperidine rings is 1. The molecular formula is C16H31N3O. The summed E-state index contributed by atoms with van der Waals surface area (Å²) in [7, 11) is 0. The first-order valence-electron chi connectivity index (χ1n) is 8.27. The number of rotatable bonds is 1. The van der Waals surface area contributed by atoms with Gasteiger partial charge in [0.1, 0.15) is 0 Å². The van der Waals surface area contributed by atoms with E-state index < -0.39 is 0 Å². The van der Waals surface area contributed by atoms with Gasteiger partial charge in [0.05, 0.1) is 0 Å². The Hall–Kier alpha value is -0.770. The largest absolute Gasteiger partial charge is 0.333 e. The van der Waals surface area contributed by atoms with Crippen molar-refractivity contribution in [1.29, 1.82) is 0 Å². The van der Waals surface area contributed by atoms with Gasteiger partial charge in [0, 0.05) is 24.7 Å². The lowest BCUT2D eigenvalue weighted by Crippen LogP contribution is -2.53. The number of carbonyl (C=O) groups is 1. The van der Waals surface area contributed by atoms with E-state index in [1.54, 1.807) is 0 Å². The van der Waals surface area contributed by atoms with Crippen molar-refractivity contribution >= 4 is 6.03 Å². The third-order valence-electron chi connectivity index (χ3n) is 4.39. The Labute approximate surface area is 123 Å². The van der Waals surface area contributed by atoms with Crippen LogP contribution in [0.4, 0.5) is 4.79 Å². The van der Waals surface area contributed by atoms with Crippen molar-refractivity contribution in [3.63, 3.8) is 0 Å². The lowest BCUT2D eigenvalue weighted by atomic mass is 10.0. The second-order valence-electron chi connectivity index (χ2n) is 7.35. The Balaban J connectivity index is 1.78. The summed E-state index contributed by atoms with van der Waals surface area (Å²) in [5, 5.41) is 3.07. The van der Waals surface area contributed by atoms with E-state index in [1.807, 2.05) is 25.7 Å². The van der Waals surface area contributed by atoms with Gasteiger partial charge in [-0.1, -0.05) is 12.8 Å². The van der Waals surface area contributed by atoms with Crippen molar-refractivity contribution in [2.24, 2.45) is 0 Å². The van der Waals surface area contributed by atoms with Crippen LogP contribution in [0.1, 0.15) is 59.3 Å². The highest BCUT2D eigenvalue weighted by atomic mass is 16.2. The molecule has 0 aromatic carbocycles. The van der Waals surface area contributed by atoms with Gasteiger partial charge >= 0.3 is 6.03 Å². The van der Waals surface area contributed by atoms with Crippen molar-refractivity contribution in [1.82, 2.24) is 15.1 Å². The van der Waals surface area contributed by atoms with Crippen LogP contribution in [0.25, 0.3) is 0 Å². The fourth-order valence-corrected chi connectivity index (χ4v) is 3.29. The van der Waals surface area contributed by atoms with Gasteiger partial charge in [0.25, 0.3) is 0 Å². The first-order valence-corrected chi connectivity index (χ1v) is 8.27. The summed E-state index contributed by atoms with van der Waals surface area (Å²) in [5.74, 6) is 0. The molecule has 116 valence electrons. The first kappa shape index (κ1) is 15.6. The van der Waals surface area contributed by atoms with Crippen molar-refractivity contribution in [3.05, 3.63) is 0 Å². The van der Waals surface area contributed by atoms with E-state index in [0.717, 1.165) is 25.9 Å². The predicted octanol–water partition coefficient (Wildman–Crippen LogP) is 2.83. The number of hydrogen-bond donors (Lipinski definition) is 1. The maximum Gasteiger partial charge on any atom is 0.317 e. The molecule has 0 saturated carbocycles. The van der Waals surface area contributed by atoms with Gasteiger partial charge in [-0.05, 0) is 59.5 Å². The van der Waals surface area contributed by atoms with Gasteiger partial charge in [-0.15, -0.1) is 0 Å². The van der Waals surface area contributed by atoms with Crippen LogP contribution in [0.15, 0.2) is 0 Å². The molecule has 2 fully saturated rings. The van der Waals surface area contributed by atoms with E-state index in [9.17, 15) is 4.79 Å². The number of urea groups is 1. The lowest BCUT2D eigenvalue weighted by Gasteiger charge is -2.39. The molecule has 0 aromatic heterocycles. The standard InChI is InChI=1S/C16H31N3O/c1-16(2,3)17-15(20)19-12-8-14(9-13-19)18-10-6-4-5-7-11-18/h14H,4-13H2,1-3H3,(H,17,20). The summed E-state index contributed by atoms with van der Waals surface area (Å²) >= 11 is 0. The van der Waals surface area contributed by atoms with E-state index in [4.69, 9.17) is 0 Å². The van der Waals surface area contributed by atoms with Crippen LogP contribution < -0.4 is 5.32 Å². The van der Waals surface area contributed by atoms with E-state index in [-0.39, 0.29) is 11.6 Å². The quantitative estimate of drug-likeness (QED) is 0.802. The van der Waals surface area contributed by atoms with Crippen LogP contribution in [-0.4, -0.2) is 53.6 Å². The van der Waals surface area contributed by atoms with Gasteiger partial charge < -0.3 is 15.1 Å². The molecule has 2 aliphatic rings. The second-order valence-corrected chi connectivity index (χ2v) is 7.35. The van der Waals surface area contributed by atoms with Crippen molar-refractivity contribution < 1.29 is 4.79 Å². The van der Waals surface area contributed by atoms with E-state index >= 15 is 0 Å². The maximum absolute atomic E-state index is 12.2. The number of likely N-dealkylation sites (tertiary alicyclic amines) is 2. The van der Waals surface area contributed by atoms with Gasteiger partial charge in [-0.3, -0.25) is 0 Å². The Morgan fingerprint density at radius 2 is 1.50 bits per heavy atom. The molecule has 0 atom stereocenters. The molecule has 4 nitrogen and oxygen atoms in total. The molecule has 0 spiro atoms. The third kappa shape index (κ3) is 4.65. The summed E-state index contributed by atoms with van der Waals surface area (Å²) < 4.78 is 0. The predicted molar refractivity (Wildman–Crippen MR) is 82.9 cm³/mol. The molecule has 1 N–H and O–H groups in total. The molecule has 0 aromatic rings. The Morgan fingerprint density at radius 1 is 0.950 bits per heavy atom. The van der Waals surface area contributed by atoms with Gasteiger partial charge in [-0.2, -0.15) is 0 Å². The average Bonchev–Trinajstić information content (AvgIpc) is 2.66. The first-order chi connectivity index (χ1) is 9.46. The normalized spacial score (nSPS) is 23.4. The number of carbonyl (C=O) groups excluding carboxylic acids is 1. The van der Waals surface area contributed by atoms with Crippen LogP contribution in [0.2, 0.25) is 0 Å². The Bertz CT molecular complexity index is 308. The Morgan fingerprint density at radius 3 is 2.00 bits per heavy atom. The highest BCUT2D eigenvalue weighted by molar-refractivity contribution is 5.75. The molecule has 2 aliphatic heterocycles. The third-order valence-corrected chi connectivity index (χ3v) is 4.39. The summed E-state index contributed by atoms with van der Waals surface area (Å²) in [5.41, 5.74) is -0.140. The molecule has 2 rings (SSSR count). The zero-order valence-electron chi connectivity index (χ0n) is 13.5. The minimum absolute atomic E-state index is 0.104. The SMILES string of the molecule is CC(C)(C)NC(=O)N1CCC(N2CCCCCC2)CC1. The van der Waals surface area contributed by atoms with E-state index in [0.29, 0.717) is 6.04 Å². The molecule has 0 radical (unpaired) electrons. The minimum Gasteiger partial charge on any atom is -0.333 e. The number of nitrogens with zero attached hydrogens (tertiary/aromatic N) is 2. The molecule has 2 heterocycles. The molecule has 4 heteroatoms. The van der Waals surface area contributed by atoms with E-state index in [2.05, 4.69) is 10.2 Å². The summed E-state index contributed by atoms with van der Waals surface area (Å²) in [6.45, 7) is 10.4. The minimum atomic E-state index is -0.140. The van der Waals surface area contributed by atoms with Gasteiger partial charge in [-0.25, -0.2) is 4.79 Å². The van der Waals surface area contributed by atoms with Crippen LogP contribution in [0.3, 0.4) is 0 Å². The molecule has 0 bridgehead atoms. The van der Waals surface area contributed by atoms with Crippen molar-refractivity contribution in [2.75, 3.05) is 26.2 Å². The van der Waals surface area contributed by atoms with Crippen LogP contribution in [0.5, 0.6) is 0 Å². The highest BCUT2D eigenvalue weighted by Crippen LogP contribution is 2.20. The fraction of sp³-hybridized carbons (Fsp3) is 0.938. The summed E-state index contributed by atoms with van der Waals surface area (Å²) in [4.78, 5) is 16.8. The summed E-state index contributed by atoms with van der Waals surface area (Å²) in [6, 6.07) is 0.804. The van der Waals surface area contributed by atoms with Crippen molar-refractivity contribution in [2.45, 2.75) is 70.9 Å². The topological polar surface area (TPSA) is 35.6 Å². The van der Waals surface area contributed by atoms with Gasteiger partial charge in [0.15, 0.2) is 0 Å². The van der Waals surface area contributed by atoms with Crippen LogP contribution in [0, 0.1) is 0 Å². The second kappa shape index (κ2) is 6.79. The molecule has 0 unspecified atom stereocenters.